The van der Waals surface area contributed by atoms with E-state index >= 15 is 0 Å². The van der Waals surface area contributed by atoms with Crippen molar-refractivity contribution in [3.05, 3.63) is 0 Å². The van der Waals surface area contributed by atoms with Crippen molar-refractivity contribution in [3.8, 4) is 0 Å². The Hall–Kier alpha value is -2.59. The Balaban J connectivity index is -0.0000000574. The van der Waals surface area contributed by atoms with Crippen molar-refractivity contribution in [2.45, 2.75) is 52.9 Å². The number of hydrogen-bond acceptors (Lipinski definition) is 9. The maximum absolute atomic E-state index is 11.5. The van der Waals surface area contributed by atoms with Crippen molar-refractivity contribution in [2.75, 3.05) is 13.2 Å². The smallest absolute Gasteiger partial charge is 0.523 e. The molecule has 0 saturated carbocycles. The van der Waals surface area contributed by atoms with Crippen molar-refractivity contribution < 1.29 is 98.9 Å². The average molecular weight is 559 g/mol. The van der Waals surface area contributed by atoms with E-state index in [2.05, 4.69) is 4.74 Å². The number of rotatable bonds is 8. The van der Waals surface area contributed by atoms with Gasteiger partial charge in [0.15, 0.2) is 12.2 Å². The molecule has 11 nitrogen and oxygen atoms in total. The van der Waals surface area contributed by atoms with Gasteiger partial charge < -0.3 is 20.4 Å². The standard InChI is InChI=1S/C6H8F2O3.C4H4F2O3.C3H4F2O.C2H6O.CO2.H2O.V/c1-2-11-5(10)3-4(9)6(7)8;5-4(6)2(7)1-3(8)9;1-2(6)3(4)5;1-2-3;2-1-3;;/h6H,2-3H2,1H3;4H,1H2,(H,8,9);3H,1H3;3H,2H2,1H3;;1H2;/p+2. The fourth-order valence-electron chi connectivity index (χ4n) is 0.667. The van der Waals surface area contributed by atoms with E-state index in [1.165, 1.54) is 6.92 Å². The van der Waals surface area contributed by atoms with Crippen LogP contribution in [-0.4, -0.2) is 78.1 Å². The molecule has 0 aliphatic heterocycles. The molecule has 0 spiro atoms. The molecule has 0 saturated heterocycles. The number of aliphatic hydroxyl groups is 1. The minimum absolute atomic E-state index is 0. The number of halogens is 6. The quantitative estimate of drug-likeness (QED) is 0.177. The molecule has 1 radical (unpaired) electrons. The van der Waals surface area contributed by atoms with Crippen molar-refractivity contribution in [2.24, 2.45) is 0 Å². The number of esters is 1. The number of ketones is 3. The SMILES string of the molecule is CC(=O)C(F)F.CCO.CCOC(=O)CC(=O)C(F)F.O=C([OH2+])CC(=O)C(F)F.O=C=O.[OH3+].[V]. The number of carbonyl (C=O) groups is 5. The van der Waals surface area contributed by atoms with Crippen LogP contribution in [-0.2, 0) is 62.3 Å². The second-order valence-electron chi connectivity index (χ2n) is 4.43. The first-order chi connectivity index (χ1) is 14.6. The van der Waals surface area contributed by atoms with E-state index in [1.807, 2.05) is 0 Å². The molecule has 201 valence electrons. The van der Waals surface area contributed by atoms with Gasteiger partial charge in [0, 0.05) is 36.9 Å². The van der Waals surface area contributed by atoms with Gasteiger partial charge in [-0.05, 0) is 13.8 Å². The zero-order chi connectivity index (χ0) is 26.9. The largest absolute Gasteiger partial charge is 0.564 e. The molecule has 0 heterocycles. The van der Waals surface area contributed by atoms with E-state index in [9.17, 15) is 50.3 Å². The van der Waals surface area contributed by atoms with Crippen LogP contribution in [0.2, 0.25) is 0 Å². The van der Waals surface area contributed by atoms with E-state index in [4.69, 9.17) is 19.8 Å². The van der Waals surface area contributed by atoms with E-state index in [0.717, 1.165) is 6.92 Å². The van der Waals surface area contributed by atoms with Gasteiger partial charge in [-0.15, -0.1) is 0 Å². The third kappa shape index (κ3) is 57.0. The summed E-state index contributed by atoms with van der Waals surface area (Å²) >= 11 is 0. The molecule has 18 heteroatoms. The summed E-state index contributed by atoms with van der Waals surface area (Å²) in [6.45, 7) is 4.41. The first-order valence-corrected chi connectivity index (χ1v) is 7.99. The van der Waals surface area contributed by atoms with Crippen LogP contribution in [0.15, 0.2) is 0 Å². The fraction of sp³-hybridized carbons (Fsp3) is 0.625. The second kappa shape index (κ2) is 35.0. The van der Waals surface area contributed by atoms with Crippen LogP contribution in [0.25, 0.3) is 0 Å². The zero-order valence-electron chi connectivity index (χ0n) is 18.1. The van der Waals surface area contributed by atoms with Gasteiger partial charge in [0.25, 0.3) is 19.3 Å². The van der Waals surface area contributed by atoms with Gasteiger partial charge in [0.2, 0.25) is 11.6 Å². The van der Waals surface area contributed by atoms with Crippen LogP contribution in [0.4, 0.5) is 26.3 Å². The Morgan fingerprint density at radius 1 is 0.853 bits per heavy atom. The van der Waals surface area contributed by atoms with E-state index in [0.29, 0.717) is 0 Å². The Bertz CT molecular complexity index is 584. The molecule has 0 bridgehead atoms. The summed E-state index contributed by atoms with van der Waals surface area (Å²) in [5.41, 5.74) is 0. The van der Waals surface area contributed by atoms with E-state index < -0.39 is 61.4 Å². The van der Waals surface area contributed by atoms with Gasteiger partial charge >= 0.3 is 18.1 Å². The average Bonchev–Trinajstić information content (AvgIpc) is 2.63. The van der Waals surface area contributed by atoms with Gasteiger partial charge in [-0.3, -0.25) is 19.2 Å². The molecule has 0 aromatic carbocycles. The van der Waals surface area contributed by atoms with Crippen molar-refractivity contribution in [1.82, 2.24) is 0 Å². The van der Waals surface area contributed by atoms with Crippen LogP contribution in [0.1, 0.15) is 33.6 Å². The zero-order valence-corrected chi connectivity index (χ0v) is 19.5. The molecule has 34 heavy (non-hydrogen) atoms. The Morgan fingerprint density at radius 3 is 1.26 bits per heavy atom. The van der Waals surface area contributed by atoms with E-state index in [-0.39, 0.29) is 43.4 Å². The van der Waals surface area contributed by atoms with Crippen LogP contribution in [0.3, 0.4) is 0 Å². The van der Waals surface area contributed by atoms with Crippen molar-refractivity contribution >= 4 is 35.4 Å². The molecular formula is C16H26F6O11V+2. The maximum Gasteiger partial charge on any atom is 0.523 e. The van der Waals surface area contributed by atoms with Gasteiger partial charge in [-0.25, -0.2) is 26.3 Å². The second-order valence-corrected chi connectivity index (χ2v) is 4.43. The van der Waals surface area contributed by atoms with Gasteiger partial charge in [0.05, 0.1) is 6.61 Å². The molecule has 0 aromatic heterocycles. The molecule has 0 aliphatic rings. The normalized spacial score (nSPS) is 8.15. The number of alkyl halides is 6. The number of carbonyl (C=O) groups excluding carboxylic acids is 7. The molecule has 0 amide bonds. The minimum atomic E-state index is -3.13. The monoisotopic (exact) mass is 559 g/mol. The molecule has 0 aromatic rings. The van der Waals surface area contributed by atoms with Crippen LogP contribution >= 0.6 is 0 Å². The summed E-state index contributed by atoms with van der Waals surface area (Å²) in [6.07, 6.45) is -10.6. The number of aliphatic hydroxyl groups excluding tert-OH is 1. The van der Waals surface area contributed by atoms with Crippen LogP contribution in [0, 0.1) is 0 Å². The van der Waals surface area contributed by atoms with Gasteiger partial charge in [-0.1, -0.05) is 0 Å². The predicted molar refractivity (Wildman–Crippen MR) is 95.8 cm³/mol. The maximum atomic E-state index is 11.5. The molecule has 0 rings (SSSR count). The predicted octanol–water partition coefficient (Wildman–Crippen LogP) is -0.433. The van der Waals surface area contributed by atoms with Crippen molar-refractivity contribution in [1.29, 1.82) is 0 Å². The topological polar surface area (TPSA) is 205 Å². The summed E-state index contributed by atoms with van der Waals surface area (Å²) < 4.78 is 71.2. The Labute approximate surface area is 201 Å². The summed E-state index contributed by atoms with van der Waals surface area (Å²) in [4.78, 5) is 65.7. The molecular weight excluding hydrogens is 533 g/mol. The summed E-state index contributed by atoms with van der Waals surface area (Å²) in [7, 11) is 0. The number of Topliss-reactive ketones (excluding diaryl/α,β-unsaturated/α-hetero) is 3. The summed E-state index contributed by atoms with van der Waals surface area (Å²) in [6, 6.07) is 0. The first kappa shape index (κ1) is 48.8. The molecule has 0 unspecified atom stereocenters. The third-order valence-electron chi connectivity index (χ3n) is 1.75. The van der Waals surface area contributed by atoms with E-state index in [1.54, 1.807) is 6.92 Å². The van der Waals surface area contributed by atoms with Crippen LogP contribution < -0.4 is 0 Å². The van der Waals surface area contributed by atoms with Gasteiger partial charge in [0.1, 0.15) is 6.42 Å². The number of hydrogen-bond donors (Lipinski definition) is 1. The minimum Gasteiger partial charge on any atom is -0.564 e. The van der Waals surface area contributed by atoms with Crippen LogP contribution in [0.5, 0.6) is 0 Å². The molecule has 0 atom stereocenters. The fourth-order valence-corrected chi connectivity index (χ4v) is 0.667. The Kier molecular flexibility index (Phi) is 50.2. The number of ether oxygens (including phenoxy) is 1. The summed E-state index contributed by atoms with van der Waals surface area (Å²) in [5, 5.41) is 13.7. The van der Waals surface area contributed by atoms with Crippen molar-refractivity contribution in [3.63, 3.8) is 0 Å². The molecule has 6 N–H and O–H groups in total. The molecule has 0 aliphatic carbocycles. The Morgan fingerprint density at radius 2 is 1.12 bits per heavy atom. The first-order valence-electron chi connectivity index (χ1n) is 7.99. The van der Waals surface area contributed by atoms with Gasteiger partial charge in [-0.2, -0.15) is 9.59 Å². The molecule has 0 fully saturated rings. The third-order valence-corrected chi connectivity index (χ3v) is 1.75. The summed E-state index contributed by atoms with van der Waals surface area (Å²) in [5.74, 6) is -6.15.